The molecule has 78 valence electrons. The minimum Gasteiger partial charge on any atom is -0.294 e. The van der Waals surface area contributed by atoms with Gasteiger partial charge < -0.3 is 0 Å². The maximum Gasteiger partial charge on any atom is 0.280 e. The van der Waals surface area contributed by atoms with Gasteiger partial charge in [-0.3, -0.25) is 14.9 Å². The number of hydrogen-bond donors (Lipinski definition) is 0. The van der Waals surface area contributed by atoms with E-state index >= 15 is 0 Å². The van der Waals surface area contributed by atoms with Gasteiger partial charge in [-0.1, -0.05) is 15.9 Å². The van der Waals surface area contributed by atoms with Crippen LogP contribution in [0.2, 0.25) is 0 Å². The summed E-state index contributed by atoms with van der Waals surface area (Å²) in [7, 11) is 0. The van der Waals surface area contributed by atoms with E-state index in [-0.39, 0.29) is 11.5 Å². The molecule has 0 N–H and O–H groups in total. The largest absolute Gasteiger partial charge is 0.294 e. The summed E-state index contributed by atoms with van der Waals surface area (Å²) in [6.45, 7) is 0. The van der Waals surface area contributed by atoms with Gasteiger partial charge in [0.1, 0.15) is 0 Å². The molecule has 1 aliphatic rings. The molecule has 0 heterocycles. The topological polar surface area (TPSA) is 60.2 Å². The first kappa shape index (κ1) is 10.3. The van der Waals surface area contributed by atoms with E-state index in [2.05, 4.69) is 15.9 Å². The summed E-state index contributed by atoms with van der Waals surface area (Å²) in [5, 5.41) is 10.8. The summed E-state index contributed by atoms with van der Waals surface area (Å²) in [5.74, 6) is -0.121. The molecule has 0 atom stereocenters. The minimum atomic E-state index is -0.492. The minimum absolute atomic E-state index is 0.0714. The molecule has 5 heteroatoms. The molecular formula is C10H8BrNO3. The van der Waals surface area contributed by atoms with Crippen LogP contribution in [0.25, 0.3) is 0 Å². The Morgan fingerprint density at radius 3 is 2.73 bits per heavy atom. The van der Waals surface area contributed by atoms with Crippen LogP contribution < -0.4 is 0 Å². The number of nitrogens with zero attached hydrogens (tertiary/aromatic N) is 1. The maximum atomic E-state index is 11.6. The number of benzene rings is 1. The first-order valence-electron chi connectivity index (χ1n) is 4.60. The Morgan fingerprint density at radius 1 is 1.33 bits per heavy atom. The molecule has 0 amide bonds. The van der Waals surface area contributed by atoms with E-state index in [1.165, 1.54) is 6.07 Å². The van der Waals surface area contributed by atoms with Crippen molar-refractivity contribution in [3.05, 3.63) is 37.8 Å². The zero-order valence-corrected chi connectivity index (χ0v) is 9.41. The number of fused-ring (bicyclic) bond motifs is 1. The Hall–Kier alpha value is -1.23. The third-order valence-corrected chi connectivity index (χ3v) is 3.28. The number of carbonyl (C=O) groups is 1. The van der Waals surface area contributed by atoms with Gasteiger partial charge in [0.2, 0.25) is 0 Å². The van der Waals surface area contributed by atoms with Crippen molar-refractivity contribution in [3.8, 4) is 0 Å². The normalized spacial score (nSPS) is 14.9. The monoisotopic (exact) mass is 269 g/mol. The summed E-state index contributed by atoms with van der Waals surface area (Å²) in [6, 6.07) is 3.02. The second kappa shape index (κ2) is 3.73. The molecular weight excluding hydrogens is 262 g/mol. The second-order valence-electron chi connectivity index (χ2n) is 3.45. The number of carbonyl (C=O) groups excluding carboxylic acids is 1. The average Bonchev–Trinajstić information content (AvgIpc) is 2.19. The molecule has 0 bridgehead atoms. The number of Topliss-reactive ketones (excluding diaryl/α,β-unsaturated/α-hetero) is 1. The van der Waals surface area contributed by atoms with Crippen LogP contribution in [-0.2, 0) is 6.42 Å². The van der Waals surface area contributed by atoms with Gasteiger partial charge in [-0.25, -0.2) is 0 Å². The van der Waals surface area contributed by atoms with E-state index in [1.54, 1.807) is 6.07 Å². The van der Waals surface area contributed by atoms with Crippen molar-refractivity contribution in [3.63, 3.8) is 0 Å². The fraction of sp³-hybridized carbons (Fsp3) is 0.300. The number of hydrogen-bond acceptors (Lipinski definition) is 3. The van der Waals surface area contributed by atoms with E-state index in [0.717, 1.165) is 22.9 Å². The van der Waals surface area contributed by atoms with Gasteiger partial charge in [0.05, 0.1) is 10.5 Å². The molecule has 0 unspecified atom stereocenters. The highest BCUT2D eigenvalue weighted by atomic mass is 79.9. The maximum absolute atomic E-state index is 11.6. The molecule has 0 saturated heterocycles. The van der Waals surface area contributed by atoms with Gasteiger partial charge in [0, 0.05) is 17.0 Å². The Labute approximate surface area is 94.6 Å². The van der Waals surface area contributed by atoms with Crippen molar-refractivity contribution in [2.75, 3.05) is 0 Å². The molecule has 1 aromatic carbocycles. The van der Waals surface area contributed by atoms with Crippen molar-refractivity contribution < 1.29 is 9.72 Å². The van der Waals surface area contributed by atoms with Crippen LogP contribution >= 0.6 is 15.9 Å². The average molecular weight is 270 g/mol. The zero-order valence-electron chi connectivity index (χ0n) is 7.83. The molecule has 0 fully saturated rings. The summed E-state index contributed by atoms with van der Waals surface area (Å²) in [6.07, 6.45) is 1.90. The molecule has 0 aliphatic heterocycles. The quantitative estimate of drug-likeness (QED) is 0.582. The molecule has 0 spiro atoms. The van der Waals surface area contributed by atoms with Gasteiger partial charge in [-0.05, 0) is 24.5 Å². The lowest BCUT2D eigenvalue weighted by molar-refractivity contribution is -0.385. The predicted octanol–water partition coefficient (Wildman–Crippen LogP) is 2.88. The highest BCUT2D eigenvalue weighted by Gasteiger charge is 2.28. The third kappa shape index (κ3) is 1.67. The lowest BCUT2D eigenvalue weighted by atomic mass is 9.89. The molecule has 0 saturated carbocycles. The Bertz CT molecular complexity index is 456. The van der Waals surface area contributed by atoms with Gasteiger partial charge in [0.25, 0.3) is 5.69 Å². The van der Waals surface area contributed by atoms with Crippen LogP contribution in [0.15, 0.2) is 16.6 Å². The molecule has 1 aromatic rings. The molecule has 2 rings (SSSR count). The van der Waals surface area contributed by atoms with E-state index in [1.807, 2.05) is 0 Å². The standard InChI is InChI=1S/C10H8BrNO3/c11-7-4-5-8(12(14)15)10-6(7)2-1-3-9(10)13/h4-5H,1-3H2. The number of nitro groups is 1. The second-order valence-corrected chi connectivity index (χ2v) is 4.31. The first-order chi connectivity index (χ1) is 7.11. The van der Waals surface area contributed by atoms with Crippen LogP contribution in [0.3, 0.4) is 0 Å². The third-order valence-electron chi connectivity index (χ3n) is 2.54. The van der Waals surface area contributed by atoms with E-state index < -0.39 is 4.92 Å². The van der Waals surface area contributed by atoms with Crippen molar-refractivity contribution in [1.29, 1.82) is 0 Å². The van der Waals surface area contributed by atoms with Crippen molar-refractivity contribution >= 4 is 27.4 Å². The zero-order chi connectivity index (χ0) is 11.0. The molecule has 0 aromatic heterocycles. The molecule has 0 radical (unpaired) electrons. The number of halogens is 1. The Morgan fingerprint density at radius 2 is 2.07 bits per heavy atom. The van der Waals surface area contributed by atoms with Crippen molar-refractivity contribution in [2.24, 2.45) is 0 Å². The fourth-order valence-corrected chi connectivity index (χ4v) is 2.40. The van der Waals surface area contributed by atoms with E-state index in [0.29, 0.717) is 12.0 Å². The fourth-order valence-electron chi connectivity index (χ4n) is 1.87. The van der Waals surface area contributed by atoms with Gasteiger partial charge in [-0.2, -0.15) is 0 Å². The lowest BCUT2D eigenvalue weighted by Gasteiger charge is -2.15. The highest BCUT2D eigenvalue weighted by Crippen LogP contribution is 2.34. The van der Waals surface area contributed by atoms with Crippen LogP contribution in [0, 0.1) is 10.1 Å². The SMILES string of the molecule is O=C1CCCc2c(Br)ccc([N+](=O)[O-])c21. The molecule has 4 nitrogen and oxygen atoms in total. The van der Waals surface area contributed by atoms with Crippen molar-refractivity contribution in [2.45, 2.75) is 19.3 Å². The summed E-state index contributed by atoms with van der Waals surface area (Å²) < 4.78 is 0.788. The van der Waals surface area contributed by atoms with Gasteiger partial charge in [-0.15, -0.1) is 0 Å². The van der Waals surface area contributed by atoms with Crippen LogP contribution in [0.4, 0.5) is 5.69 Å². The number of rotatable bonds is 1. The highest BCUT2D eigenvalue weighted by molar-refractivity contribution is 9.10. The van der Waals surface area contributed by atoms with Crippen LogP contribution in [-0.4, -0.2) is 10.7 Å². The first-order valence-corrected chi connectivity index (χ1v) is 5.39. The summed E-state index contributed by atoms with van der Waals surface area (Å²) in [4.78, 5) is 21.9. The number of nitro benzene ring substituents is 1. The predicted molar refractivity (Wildman–Crippen MR) is 58.1 cm³/mol. The Balaban J connectivity index is 2.70. The summed E-state index contributed by atoms with van der Waals surface area (Å²) in [5.41, 5.74) is 0.999. The lowest BCUT2D eigenvalue weighted by Crippen LogP contribution is -2.13. The van der Waals surface area contributed by atoms with Gasteiger partial charge in [0.15, 0.2) is 5.78 Å². The van der Waals surface area contributed by atoms with E-state index in [4.69, 9.17) is 0 Å². The van der Waals surface area contributed by atoms with E-state index in [9.17, 15) is 14.9 Å². The Kier molecular flexibility index (Phi) is 2.56. The van der Waals surface area contributed by atoms with Gasteiger partial charge >= 0.3 is 0 Å². The van der Waals surface area contributed by atoms with Crippen molar-refractivity contribution in [1.82, 2.24) is 0 Å². The smallest absolute Gasteiger partial charge is 0.280 e. The van der Waals surface area contributed by atoms with Crippen LogP contribution in [0.5, 0.6) is 0 Å². The van der Waals surface area contributed by atoms with Crippen LogP contribution in [0.1, 0.15) is 28.8 Å². The molecule has 1 aliphatic carbocycles. The number of ketones is 1. The molecule has 15 heavy (non-hydrogen) atoms. The summed E-state index contributed by atoms with van der Waals surface area (Å²) >= 11 is 3.32.